The molecule has 0 fully saturated rings. The van der Waals surface area contributed by atoms with Gasteiger partial charge in [-0.1, -0.05) is 46.7 Å². The van der Waals surface area contributed by atoms with Crippen LogP contribution in [0.1, 0.15) is 18.4 Å². The van der Waals surface area contributed by atoms with Gasteiger partial charge in [-0.2, -0.15) is 0 Å². The highest BCUT2D eigenvalue weighted by Gasteiger charge is 2.20. The van der Waals surface area contributed by atoms with Crippen LogP contribution in [0.2, 0.25) is 5.02 Å². The van der Waals surface area contributed by atoms with Crippen molar-refractivity contribution in [3.63, 3.8) is 0 Å². The average Bonchev–Trinajstić information content (AvgIpc) is 3.12. The summed E-state index contributed by atoms with van der Waals surface area (Å²) in [4.78, 5) is 22.9. The molecule has 0 radical (unpaired) electrons. The quantitative estimate of drug-likeness (QED) is 0.342. The average molecular weight is 485 g/mol. The molecule has 1 aromatic heterocycles. The molecule has 2 aromatic carbocycles. The Morgan fingerprint density at radius 1 is 1.13 bits per heavy atom. The van der Waals surface area contributed by atoms with Gasteiger partial charge in [0.25, 0.3) is 0 Å². The van der Waals surface area contributed by atoms with E-state index >= 15 is 0 Å². The van der Waals surface area contributed by atoms with E-state index in [9.17, 15) is 4.79 Å². The predicted octanol–water partition coefficient (Wildman–Crippen LogP) is 6.15. The Morgan fingerprint density at radius 2 is 1.87 bits per heavy atom. The van der Waals surface area contributed by atoms with Gasteiger partial charge in [0.2, 0.25) is 5.91 Å². The van der Waals surface area contributed by atoms with Gasteiger partial charge in [0, 0.05) is 23.6 Å². The predicted molar refractivity (Wildman–Crippen MR) is 134 cm³/mol. The zero-order chi connectivity index (χ0) is 20.8. The van der Waals surface area contributed by atoms with Gasteiger partial charge in [0.15, 0.2) is 5.13 Å². The number of benzene rings is 2. The molecule has 4 nitrogen and oxygen atoms in total. The smallest absolute Gasteiger partial charge is 0.229 e. The van der Waals surface area contributed by atoms with Crippen LogP contribution in [-0.2, 0) is 4.79 Å². The number of amides is 1. The molecule has 0 unspecified atom stereocenters. The Balaban J connectivity index is 0.00000320. The number of thiazole rings is 1. The lowest BCUT2D eigenvalue weighted by molar-refractivity contribution is -0.118. The Labute approximate surface area is 198 Å². The molecule has 0 aliphatic rings. The summed E-state index contributed by atoms with van der Waals surface area (Å²) in [5, 5.41) is 1.36. The number of aryl methyl sites for hydroxylation is 1. The van der Waals surface area contributed by atoms with Crippen LogP contribution in [0.5, 0.6) is 0 Å². The summed E-state index contributed by atoms with van der Waals surface area (Å²) in [6.07, 6.45) is 1.37. The van der Waals surface area contributed by atoms with Crippen LogP contribution in [-0.4, -0.2) is 48.7 Å². The number of para-hydroxylation sites is 1. The third kappa shape index (κ3) is 6.86. The second-order valence-electron chi connectivity index (χ2n) is 7.20. The molecule has 1 amide bonds. The van der Waals surface area contributed by atoms with Gasteiger partial charge in [-0.15, -0.1) is 24.2 Å². The number of hydrogen-bond acceptors (Lipinski definition) is 5. The maximum absolute atomic E-state index is 13.1. The molecule has 0 N–H and O–H groups in total. The molecular weight excluding hydrogens is 457 g/mol. The van der Waals surface area contributed by atoms with E-state index in [0.717, 1.165) is 34.1 Å². The number of rotatable bonds is 9. The van der Waals surface area contributed by atoms with Crippen LogP contribution in [0.4, 0.5) is 5.13 Å². The molecule has 0 bridgehead atoms. The van der Waals surface area contributed by atoms with E-state index in [1.165, 1.54) is 21.8 Å². The summed E-state index contributed by atoms with van der Waals surface area (Å²) in [7, 11) is 4.09. The largest absolute Gasteiger partial charge is 0.309 e. The highest BCUT2D eigenvalue weighted by atomic mass is 35.5. The normalized spacial score (nSPS) is 11.0. The fourth-order valence-corrected chi connectivity index (χ4v) is 5.07. The van der Waals surface area contributed by atoms with Crippen LogP contribution >= 0.6 is 47.1 Å². The van der Waals surface area contributed by atoms with Crippen LogP contribution < -0.4 is 4.90 Å². The Bertz CT molecular complexity index is 961. The van der Waals surface area contributed by atoms with Crippen molar-refractivity contribution < 1.29 is 4.79 Å². The monoisotopic (exact) mass is 483 g/mol. The van der Waals surface area contributed by atoms with Crippen LogP contribution in [0.15, 0.2) is 47.4 Å². The van der Waals surface area contributed by atoms with Crippen LogP contribution in [0.25, 0.3) is 10.2 Å². The fraction of sp³-hybridized carbons (Fsp3) is 0.364. The number of hydrogen-bond donors (Lipinski definition) is 0. The van der Waals surface area contributed by atoms with Gasteiger partial charge in [-0.05, 0) is 58.3 Å². The molecule has 3 aromatic rings. The van der Waals surface area contributed by atoms with Crippen molar-refractivity contribution in [3.05, 3.63) is 53.1 Å². The van der Waals surface area contributed by atoms with E-state index in [-0.39, 0.29) is 18.3 Å². The van der Waals surface area contributed by atoms with Gasteiger partial charge in [0.05, 0.1) is 9.72 Å². The SMILES string of the molecule is Cc1ccc(SCCC(=O)N(CCCN(C)C)c2nc3c(Cl)cccc3s2)cc1.Cl. The maximum Gasteiger partial charge on any atom is 0.229 e. The van der Waals surface area contributed by atoms with E-state index in [1.807, 2.05) is 37.2 Å². The third-order valence-electron chi connectivity index (χ3n) is 4.48. The van der Waals surface area contributed by atoms with E-state index in [2.05, 4.69) is 41.1 Å². The number of carbonyl (C=O) groups excluding carboxylic acids is 1. The molecule has 0 saturated carbocycles. The minimum absolute atomic E-state index is 0. The number of carbonyl (C=O) groups is 1. The number of anilines is 1. The van der Waals surface area contributed by atoms with Crippen molar-refractivity contribution in [3.8, 4) is 0 Å². The second-order valence-corrected chi connectivity index (χ2v) is 9.78. The lowest BCUT2D eigenvalue weighted by Gasteiger charge is -2.21. The molecule has 8 heteroatoms. The number of thioether (sulfide) groups is 1. The van der Waals surface area contributed by atoms with Crippen molar-refractivity contribution in [2.75, 3.05) is 37.8 Å². The number of aromatic nitrogens is 1. The molecule has 0 saturated heterocycles. The number of nitrogens with zero attached hydrogens (tertiary/aromatic N) is 3. The molecule has 0 atom stereocenters. The summed E-state index contributed by atoms with van der Waals surface area (Å²) in [6.45, 7) is 3.66. The van der Waals surface area contributed by atoms with Crippen molar-refractivity contribution in [1.82, 2.24) is 9.88 Å². The molecule has 1 heterocycles. The molecule has 3 rings (SSSR count). The topological polar surface area (TPSA) is 36.4 Å². The number of halogens is 2. The van der Waals surface area contributed by atoms with E-state index in [0.29, 0.717) is 18.0 Å². The first-order valence-electron chi connectivity index (χ1n) is 9.63. The first-order chi connectivity index (χ1) is 13.9. The van der Waals surface area contributed by atoms with Crippen molar-refractivity contribution in [2.24, 2.45) is 0 Å². The highest BCUT2D eigenvalue weighted by Crippen LogP contribution is 2.33. The van der Waals surface area contributed by atoms with E-state index in [4.69, 9.17) is 11.6 Å². The summed E-state index contributed by atoms with van der Waals surface area (Å²) in [5.74, 6) is 0.858. The van der Waals surface area contributed by atoms with Crippen LogP contribution in [0, 0.1) is 6.92 Å². The van der Waals surface area contributed by atoms with Gasteiger partial charge < -0.3 is 4.90 Å². The highest BCUT2D eigenvalue weighted by molar-refractivity contribution is 7.99. The summed E-state index contributed by atoms with van der Waals surface area (Å²) >= 11 is 9.53. The first-order valence-corrected chi connectivity index (χ1v) is 11.8. The van der Waals surface area contributed by atoms with E-state index < -0.39 is 0 Å². The van der Waals surface area contributed by atoms with Crippen molar-refractivity contribution in [1.29, 1.82) is 0 Å². The maximum atomic E-state index is 13.1. The zero-order valence-corrected chi connectivity index (χ0v) is 20.6. The Hall–Kier alpha value is -1.31. The minimum atomic E-state index is 0. The molecule has 0 aliphatic heterocycles. The van der Waals surface area contributed by atoms with Gasteiger partial charge in [-0.3, -0.25) is 9.69 Å². The molecular formula is C22H27Cl2N3OS2. The Kier molecular flexibility index (Phi) is 9.91. The molecule has 162 valence electrons. The first kappa shape index (κ1) is 25.0. The van der Waals surface area contributed by atoms with Crippen molar-refractivity contribution in [2.45, 2.75) is 24.7 Å². The fourth-order valence-electron chi connectivity index (χ4n) is 2.92. The lowest BCUT2D eigenvalue weighted by atomic mass is 10.2. The van der Waals surface area contributed by atoms with E-state index in [1.54, 1.807) is 11.8 Å². The molecule has 0 spiro atoms. The summed E-state index contributed by atoms with van der Waals surface area (Å²) in [5.41, 5.74) is 2.01. The zero-order valence-electron chi connectivity index (χ0n) is 17.4. The Morgan fingerprint density at radius 3 is 2.53 bits per heavy atom. The molecule has 30 heavy (non-hydrogen) atoms. The van der Waals surface area contributed by atoms with Crippen LogP contribution in [0.3, 0.4) is 0 Å². The molecule has 0 aliphatic carbocycles. The summed E-state index contributed by atoms with van der Waals surface area (Å²) < 4.78 is 1.01. The van der Waals surface area contributed by atoms with Gasteiger partial charge >= 0.3 is 0 Å². The van der Waals surface area contributed by atoms with Gasteiger partial charge in [-0.25, -0.2) is 4.98 Å². The minimum Gasteiger partial charge on any atom is -0.309 e. The number of fused-ring (bicyclic) bond motifs is 1. The van der Waals surface area contributed by atoms with Gasteiger partial charge in [0.1, 0.15) is 5.52 Å². The van der Waals surface area contributed by atoms with Crippen molar-refractivity contribution >= 4 is 68.4 Å². The standard InChI is InChI=1S/C22H26ClN3OS2.ClH/c1-16-8-10-17(11-9-16)28-15-12-20(27)26(14-5-13-25(2)3)22-24-21-18(23)6-4-7-19(21)29-22;/h4,6-11H,5,12-15H2,1-3H3;1H. The lowest BCUT2D eigenvalue weighted by Crippen LogP contribution is -2.33. The second kappa shape index (κ2) is 11.9. The summed E-state index contributed by atoms with van der Waals surface area (Å²) in [6, 6.07) is 14.2. The third-order valence-corrected chi connectivity index (χ3v) is 6.85.